The molecule has 0 fully saturated rings. The zero-order chi connectivity index (χ0) is 22.7. The molecule has 2 heterocycles. The minimum atomic E-state index is -0.685. The number of carbonyl (C=O) groups excluding carboxylic acids is 1. The molecule has 2 aromatic rings. The van der Waals surface area contributed by atoms with Crippen LogP contribution in [0.1, 0.15) is 37.3 Å². The van der Waals surface area contributed by atoms with Gasteiger partial charge in [0.25, 0.3) is 5.56 Å². The number of fused-ring (bicyclic) bond motifs is 1. The van der Waals surface area contributed by atoms with E-state index < -0.39 is 11.9 Å². The molecule has 31 heavy (non-hydrogen) atoms. The van der Waals surface area contributed by atoms with E-state index in [4.69, 9.17) is 27.9 Å². The van der Waals surface area contributed by atoms with Crippen LogP contribution in [0.3, 0.4) is 0 Å². The van der Waals surface area contributed by atoms with Crippen LogP contribution in [0.25, 0.3) is 0 Å². The molecular weight excluding hydrogens is 437 g/mol. The largest absolute Gasteiger partial charge is 0.463 e. The molecule has 6 nitrogen and oxygen atoms in total. The van der Waals surface area contributed by atoms with Gasteiger partial charge in [0.2, 0.25) is 0 Å². The number of esters is 1. The number of aryl methyl sites for hydroxylation is 1. The average Bonchev–Trinajstić information content (AvgIpc) is 2.71. The normalized spacial score (nSPS) is 15.6. The van der Waals surface area contributed by atoms with Crippen molar-refractivity contribution in [3.05, 3.63) is 73.3 Å². The fourth-order valence-corrected chi connectivity index (χ4v) is 4.29. The van der Waals surface area contributed by atoms with E-state index in [1.54, 1.807) is 42.8 Å². The lowest BCUT2D eigenvalue weighted by Gasteiger charge is -2.30. The van der Waals surface area contributed by atoms with Gasteiger partial charge in [-0.05, 0) is 58.6 Å². The Morgan fingerprint density at radius 3 is 2.68 bits per heavy atom. The second kappa shape index (κ2) is 9.90. The van der Waals surface area contributed by atoms with Gasteiger partial charge in [0.15, 0.2) is 0 Å². The Hall–Kier alpha value is -2.28. The summed E-state index contributed by atoms with van der Waals surface area (Å²) in [5.41, 5.74) is 2.53. The van der Waals surface area contributed by atoms with Crippen molar-refractivity contribution in [2.45, 2.75) is 32.7 Å². The molecule has 0 spiro atoms. The number of halogens is 2. The molecule has 1 aliphatic heterocycles. The Morgan fingerprint density at radius 2 is 2.00 bits per heavy atom. The third-order valence-electron chi connectivity index (χ3n) is 5.30. The third kappa shape index (κ3) is 4.81. The third-order valence-corrected chi connectivity index (χ3v) is 6.13. The summed E-state index contributed by atoms with van der Waals surface area (Å²) in [6.07, 6.45) is 2.60. The number of pyridine rings is 1. The molecular formula is C23H27Cl2N3O3. The Labute approximate surface area is 192 Å². The van der Waals surface area contributed by atoms with E-state index in [1.807, 2.05) is 20.2 Å². The first-order valence-corrected chi connectivity index (χ1v) is 11.0. The summed E-state index contributed by atoms with van der Waals surface area (Å²) in [5, 5.41) is 3.89. The van der Waals surface area contributed by atoms with E-state index in [1.165, 1.54) is 0 Å². The molecule has 0 saturated heterocycles. The SMILES string of the molecule is CCOC(=O)C1=C(C)Nc2ccn(CCCN(C)C)c(=O)c2C1c1cccc(Cl)c1Cl. The van der Waals surface area contributed by atoms with E-state index in [2.05, 4.69) is 10.2 Å². The molecule has 1 aromatic carbocycles. The number of allylic oxidation sites excluding steroid dienone is 1. The van der Waals surface area contributed by atoms with Gasteiger partial charge in [-0.2, -0.15) is 0 Å². The van der Waals surface area contributed by atoms with Gasteiger partial charge < -0.3 is 19.5 Å². The van der Waals surface area contributed by atoms with Crippen LogP contribution in [-0.4, -0.2) is 42.7 Å². The number of anilines is 1. The second-order valence-electron chi connectivity index (χ2n) is 7.76. The lowest BCUT2D eigenvalue weighted by molar-refractivity contribution is -0.138. The smallest absolute Gasteiger partial charge is 0.336 e. The molecule has 1 atom stereocenters. The quantitative estimate of drug-likeness (QED) is 0.612. The van der Waals surface area contributed by atoms with E-state index in [0.717, 1.165) is 13.0 Å². The average molecular weight is 464 g/mol. The molecule has 0 bridgehead atoms. The van der Waals surface area contributed by atoms with E-state index in [-0.39, 0.29) is 12.2 Å². The summed E-state index contributed by atoms with van der Waals surface area (Å²) in [4.78, 5) is 28.6. The predicted molar refractivity (Wildman–Crippen MR) is 125 cm³/mol. The highest BCUT2D eigenvalue weighted by Crippen LogP contribution is 2.44. The van der Waals surface area contributed by atoms with Crippen LogP contribution in [0.5, 0.6) is 0 Å². The molecule has 3 rings (SSSR count). The number of hydrogen-bond donors (Lipinski definition) is 1. The van der Waals surface area contributed by atoms with Crippen molar-refractivity contribution in [3.8, 4) is 0 Å². The molecule has 1 aromatic heterocycles. The standard InChI is InChI=1S/C23H27Cl2N3O3/c1-5-31-23(30)18-14(2)26-17-10-13-28(12-7-11-27(3)4)22(29)20(17)19(18)15-8-6-9-16(24)21(15)25/h6,8-10,13,19,26H,5,7,11-12H2,1-4H3. The zero-order valence-electron chi connectivity index (χ0n) is 18.2. The summed E-state index contributed by atoms with van der Waals surface area (Å²) in [6, 6.07) is 7.11. The number of carbonyl (C=O) groups is 1. The van der Waals surface area contributed by atoms with E-state index in [9.17, 15) is 9.59 Å². The number of benzene rings is 1. The molecule has 1 aliphatic rings. The van der Waals surface area contributed by atoms with Gasteiger partial charge in [-0.3, -0.25) is 4.79 Å². The summed E-state index contributed by atoms with van der Waals surface area (Å²) < 4.78 is 7.00. The Kier molecular flexibility index (Phi) is 7.46. The molecule has 166 valence electrons. The molecule has 1 unspecified atom stereocenters. The maximum Gasteiger partial charge on any atom is 0.336 e. The highest BCUT2D eigenvalue weighted by Gasteiger charge is 2.37. The van der Waals surface area contributed by atoms with E-state index in [0.29, 0.717) is 44.7 Å². The van der Waals surface area contributed by atoms with Crippen molar-refractivity contribution < 1.29 is 9.53 Å². The Balaban J connectivity index is 2.19. The van der Waals surface area contributed by atoms with Gasteiger partial charge >= 0.3 is 5.97 Å². The van der Waals surface area contributed by atoms with Crippen molar-refractivity contribution in [3.63, 3.8) is 0 Å². The molecule has 0 amide bonds. The first-order valence-electron chi connectivity index (χ1n) is 10.2. The molecule has 1 N–H and O–H groups in total. The van der Waals surface area contributed by atoms with Crippen molar-refractivity contribution >= 4 is 34.9 Å². The molecule has 8 heteroatoms. The van der Waals surface area contributed by atoms with Crippen LogP contribution in [0.2, 0.25) is 10.0 Å². The maximum absolute atomic E-state index is 13.6. The van der Waals surface area contributed by atoms with Crippen molar-refractivity contribution in [1.82, 2.24) is 9.47 Å². The van der Waals surface area contributed by atoms with Gasteiger partial charge in [0.1, 0.15) is 0 Å². The monoisotopic (exact) mass is 463 g/mol. The Bertz CT molecular complexity index is 1080. The van der Waals surface area contributed by atoms with Gasteiger partial charge in [-0.1, -0.05) is 35.3 Å². The van der Waals surface area contributed by atoms with Gasteiger partial charge in [0, 0.05) is 24.1 Å². The fourth-order valence-electron chi connectivity index (χ4n) is 3.88. The van der Waals surface area contributed by atoms with Crippen LogP contribution in [0.15, 0.2) is 46.5 Å². The second-order valence-corrected chi connectivity index (χ2v) is 8.54. The Morgan fingerprint density at radius 1 is 1.26 bits per heavy atom. The highest BCUT2D eigenvalue weighted by molar-refractivity contribution is 6.42. The first kappa shape index (κ1) is 23.4. The predicted octanol–water partition coefficient (Wildman–Crippen LogP) is 4.50. The summed E-state index contributed by atoms with van der Waals surface area (Å²) in [6.45, 7) is 5.19. The van der Waals surface area contributed by atoms with Crippen molar-refractivity contribution in [2.75, 3.05) is 32.6 Å². The number of nitrogens with one attached hydrogen (secondary N) is 1. The first-order chi connectivity index (χ1) is 14.8. The van der Waals surface area contributed by atoms with Gasteiger partial charge in [-0.15, -0.1) is 0 Å². The van der Waals surface area contributed by atoms with Crippen LogP contribution in [-0.2, 0) is 16.1 Å². The number of nitrogens with zero attached hydrogens (tertiary/aromatic N) is 2. The minimum Gasteiger partial charge on any atom is -0.463 e. The number of rotatable bonds is 7. The number of hydrogen-bond acceptors (Lipinski definition) is 5. The summed E-state index contributed by atoms with van der Waals surface area (Å²) >= 11 is 12.8. The lowest BCUT2D eigenvalue weighted by Crippen LogP contribution is -2.33. The van der Waals surface area contributed by atoms with Crippen LogP contribution < -0.4 is 10.9 Å². The number of ether oxygens (including phenoxy) is 1. The summed E-state index contributed by atoms with van der Waals surface area (Å²) in [7, 11) is 3.99. The van der Waals surface area contributed by atoms with Gasteiger partial charge in [-0.25, -0.2) is 4.79 Å². The molecule has 0 aliphatic carbocycles. The minimum absolute atomic E-state index is 0.168. The summed E-state index contributed by atoms with van der Waals surface area (Å²) in [5.74, 6) is -1.17. The van der Waals surface area contributed by atoms with Crippen LogP contribution >= 0.6 is 23.2 Å². The lowest BCUT2D eigenvalue weighted by atomic mass is 9.81. The number of aromatic nitrogens is 1. The van der Waals surface area contributed by atoms with Gasteiger partial charge in [0.05, 0.1) is 33.7 Å². The topological polar surface area (TPSA) is 63.6 Å². The maximum atomic E-state index is 13.6. The molecule has 0 saturated carbocycles. The van der Waals surface area contributed by atoms with Crippen molar-refractivity contribution in [1.29, 1.82) is 0 Å². The highest BCUT2D eigenvalue weighted by atomic mass is 35.5. The fraction of sp³-hybridized carbons (Fsp3) is 0.391. The van der Waals surface area contributed by atoms with Crippen LogP contribution in [0, 0.1) is 0 Å². The van der Waals surface area contributed by atoms with Crippen LogP contribution in [0.4, 0.5) is 5.69 Å². The molecule has 0 radical (unpaired) electrons. The van der Waals surface area contributed by atoms with Crippen molar-refractivity contribution in [2.24, 2.45) is 0 Å². The zero-order valence-corrected chi connectivity index (χ0v) is 19.7. The van der Waals surface area contributed by atoms with E-state index >= 15 is 0 Å².